The molecule has 0 unspecified atom stereocenters. The van der Waals surface area contributed by atoms with E-state index in [1.54, 1.807) is 15.9 Å². The van der Waals surface area contributed by atoms with Crippen LogP contribution >= 0.6 is 23.1 Å². The average molecular weight is 413 g/mol. The van der Waals surface area contributed by atoms with Gasteiger partial charge in [0, 0.05) is 11.3 Å². The van der Waals surface area contributed by atoms with Crippen molar-refractivity contribution in [2.24, 2.45) is 0 Å². The van der Waals surface area contributed by atoms with Crippen LogP contribution in [-0.4, -0.2) is 27.4 Å². The highest BCUT2D eigenvalue weighted by molar-refractivity contribution is 8.00. The number of rotatable bonds is 3. The summed E-state index contributed by atoms with van der Waals surface area (Å²) < 4.78 is 6.80. The van der Waals surface area contributed by atoms with Crippen molar-refractivity contribution in [2.75, 3.05) is 6.61 Å². The number of esters is 1. The van der Waals surface area contributed by atoms with Gasteiger partial charge in [0.1, 0.15) is 10.1 Å². The maximum atomic E-state index is 13.6. The van der Waals surface area contributed by atoms with E-state index in [-0.39, 0.29) is 16.8 Å². The van der Waals surface area contributed by atoms with Crippen molar-refractivity contribution in [3.63, 3.8) is 0 Å². The van der Waals surface area contributed by atoms with E-state index in [0.29, 0.717) is 18.2 Å². The normalized spacial score (nSPS) is 19.0. The van der Waals surface area contributed by atoms with Crippen LogP contribution in [0.4, 0.5) is 0 Å². The van der Waals surface area contributed by atoms with Gasteiger partial charge in [-0.15, -0.1) is 11.3 Å². The predicted octanol–water partition coefficient (Wildman–Crippen LogP) is 4.04. The summed E-state index contributed by atoms with van der Waals surface area (Å²) in [6.45, 7) is 2.44. The zero-order chi connectivity index (χ0) is 19.3. The Morgan fingerprint density at radius 1 is 1.25 bits per heavy atom. The van der Waals surface area contributed by atoms with Crippen LogP contribution in [0.15, 0.2) is 34.2 Å². The van der Waals surface area contributed by atoms with E-state index < -0.39 is 0 Å². The van der Waals surface area contributed by atoms with Crippen molar-refractivity contribution in [1.29, 1.82) is 0 Å². The molecule has 0 amide bonds. The van der Waals surface area contributed by atoms with Crippen molar-refractivity contribution < 1.29 is 9.53 Å². The molecule has 3 heterocycles. The first kappa shape index (κ1) is 17.9. The Kier molecular flexibility index (Phi) is 4.51. The minimum atomic E-state index is -0.310. The second-order valence-electron chi connectivity index (χ2n) is 7.33. The van der Waals surface area contributed by atoms with Crippen LogP contribution in [0.1, 0.15) is 35.3 Å². The van der Waals surface area contributed by atoms with Gasteiger partial charge in [-0.05, 0) is 55.9 Å². The van der Waals surface area contributed by atoms with Gasteiger partial charge in [-0.2, -0.15) is 0 Å². The maximum Gasteiger partial charge on any atom is 0.319 e. The summed E-state index contributed by atoms with van der Waals surface area (Å²) in [7, 11) is 0. The fourth-order valence-electron chi connectivity index (χ4n) is 3.97. The number of cyclic esters (lactones) is 1. The Labute approximate surface area is 170 Å². The number of nitrogens with zero attached hydrogens (tertiary/aromatic N) is 2. The number of carbonyl (C=O) groups excluding carboxylic acids is 1. The van der Waals surface area contributed by atoms with E-state index in [9.17, 15) is 9.59 Å². The van der Waals surface area contributed by atoms with Gasteiger partial charge in [-0.1, -0.05) is 23.9 Å². The number of carbonyl (C=O) groups is 1. The average Bonchev–Trinajstić information content (AvgIpc) is 3.25. The summed E-state index contributed by atoms with van der Waals surface area (Å²) in [5.41, 5.74) is 3.03. The van der Waals surface area contributed by atoms with Gasteiger partial charge in [0.05, 0.1) is 17.7 Å². The van der Waals surface area contributed by atoms with Crippen LogP contribution in [0.3, 0.4) is 0 Å². The molecule has 28 heavy (non-hydrogen) atoms. The summed E-state index contributed by atoms with van der Waals surface area (Å²) in [5, 5.41) is 1.03. The van der Waals surface area contributed by atoms with Gasteiger partial charge < -0.3 is 4.74 Å². The van der Waals surface area contributed by atoms with Gasteiger partial charge in [-0.25, -0.2) is 4.98 Å². The van der Waals surface area contributed by atoms with E-state index in [1.165, 1.54) is 28.6 Å². The molecule has 5 rings (SSSR count). The standard InChI is InChI=1S/C21H20N2O3S2/c1-12-5-4-6-13(11-12)23-19(24)17-14-7-2-3-8-15(14)27-18(17)22-21(23)28-16-9-10-26-20(16)25/h4-6,11,16H,2-3,7-10H2,1H3/t16-/m0/s1. The van der Waals surface area contributed by atoms with Gasteiger partial charge in [0.2, 0.25) is 0 Å². The van der Waals surface area contributed by atoms with Crippen molar-refractivity contribution >= 4 is 39.3 Å². The Morgan fingerprint density at radius 2 is 2.11 bits per heavy atom. The zero-order valence-electron chi connectivity index (χ0n) is 15.6. The fraction of sp³-hybridized carbons (Fsp3) is 0.381. The van der Waals surface area contributed by atoms with Crippen LogP contribution < -0.4 is 5.56 Å². The second-order valence-corrected chi connectivity index (χ2v) is 9.58. The van der Waals surface area contributed by atoms with E-state index in [4.69, 9.17) is 9.72 Å². The Hall–Kier alpha value is -2.12. The van der Waals surface area contributed by atoms with Gasteiger partial charge in [0.25, 0.3) is 5.56 Å². The number of hydrogen-bond acceptors (Lipinski definition) is 6. The first-order valence-corrected chi connectivity index (χ1v) is 11.3. The lowest BCUT2D eigenvalue weighted by Gasteiger charge is -2.15. The lowest BCUT2D eigenvalue weighted by molar-refractivity contribution is -0.137. The molecule has 1 aliphatic heterocycles. The van der Waals surface area contributed by atoms with E-state index in [2.05, 4.69) is 0 Å². The molecule has 3 aromatic rings. The molecular formula is C21H20N2O3S2. The number of aromatic nitrogens is 2. The molecule has 0 N–H and O–H groups in total. The van der Waals surface area contributed by atoms with Crippen LogP contribution in [0.25, 0.3) is 15.9 Å². The molecule has 0 radical (unpaired) electrons. The highest BCUT2D eigenvalue weighted by atomic mass is 32.2. The van der Waals surface area contributed by atoms with Gasteiger partial charge >= 0.3 is 5.97 Å². The molecule has 0 spiro atoms. The first-order valence-electron chi connectivity index (χ1n) is 9.59. The number of hydrogen-bond donors (Lipinski definition) is 0. The summed E-state index contributed by atoms with van der Waals surface area (Å²) in [4.78, 5) is 32.7. The van der Waals surface area contributed by atoms with Crippen molar-refractivity contribution in [2.45, 2.75) is 49.4 Å². The van der Waals surface area contributed by atoms with Crippen LogP contribution in [0.2, 0.25) is 0 Å². The van der Waals surface area contributed by atoms with E-state index in [0.717, 1.165) is 40.7 Å². The first-order chi connectivity index (χ1) is 13.6. The molecule has 7 heteroatoms. The zero-order valence-corrected chi connectivity index (χ0v) is 17.2. The Balaban J connectivity index is 1.75. The smallest absolute Gasteiger partial charge is 0.319 e. The molecule has 1 aromatic carbocycles. The van der Waals surface area contributed by atoms with Crippen LogP contribution in [-0.2, 0) is 22.4 Å². The number of fused-ring (bicyclic) bond motifs is 3. The number of thioether (sulfide) groups is 1. The third-order valence-electron chi connectivity index (χ3n) is 5.35. The third-order valence-corrected chi connectivity index (χ3v) is 7.74. The predicted molar refractivity (Wildman–Crippen MR) is 112 cm³/mol. The summed E-state index contributed by atoms with van der Waals surface area (Å²) in [5.74, 6) is -0.222. The van der Waals surface area contributed by atoms with Crippen molar-refractivity contribution in [3.05, 3.63) is 50.6 Å². The number of thiophene rings is 1. The summed E-state index contributed by atoms with van der Waals surface area (Å²) in [6.07, 6.45) is 4.90. The fourth-order valence-corrected chi connectivity index (χ4v) is 6.35. The molecule has 1 aliphatic carbocycles. The highest BCUT2D eigenvalue weighted by Gasteiger charge is 2.31. The summed E-state index contributed by atoms with van der Waals surface area (Å²) >= 11 is 2.99. The molecule has 0 saturated carbocycles. The van der Waals surface area contributed by atoms with Crippen LogP contribution in [0, 0.1) is 6.92 Å². The van der Waals surface area contributed by atoms with Gasteiger partial charge in [-0.3, -0.25) is 14.2 Å². The Bertz CT molecular complexity index is 1150. The molecular weight excluding hydrogens is 392 g/mol. The monoisotopic (exact) mass is 412 g/mol. The number of aryl methyl sites for hydroxylation is 3. The van der Waals surface area contributed by atoms with Crippen molar-refractivity contribution in [3.8, 4) is 5.69 Å². The minimum Gasteiger partial charge on any atom is -0.465 e. The lowest BCUT2D eigenvalue weighted by Crippen LogP contribution is -2.23. The molecule has 1 fully saturated rings. The third kappa shape index (κ3) is 2.97. The quantitative estimate of drug-likeness (QED) is 0.480. The lowest BCUT2D eigenvalue weighted by atomic mass is 9.97. The topological polar surface area (TPSA) is 61.2 Å². The molecule has 0 bridgehead atoms. The largest absolute Gasteiger partial charge is 0.465 e. The number of benzene rings is 1. The molecule has 5 nitrogen and oxygen atoms in total. The molecule has 144 valence electrons. The van der Waals surface area contributed by atoms with Crippen LogP contribution in [0.5, 0.6) is 0 Å². The minimum absolute atomic E-state index is 0.0242. The number of ether oxygens (including phenoxy) is 1. The van der Waals surface area contributed by atoms with E-state index >= 15 is 0 Å². The second kappa shape index (κ2) is 7.04. The molecule has 1 atom stereocenters. The van der Waals surface area contributed by atoms with Gasteiger partial charge in [0.15, 0.2) is 5.16 Å². The molecule has 2 aliphatic rings. The van der Waals surface area contributed by atoms with Crippen molar-refractivity contribution in [1.82, 2.24) is 9.55 Å². The molecule has 1 saturated heterocycles. The SMILES string of the molecule is Cc1cccc(-n2c(S[C@H]3CCOC3=O)nc3sc4c(c3c2=O)CCCC4)c1. The molecule has 2 aromatic heterocycles. The maximum absolute atomic E-state index is 13.6. The Morgan fingerprint density at radius 3 is 2.89 bits per heavy atom. The van der Waals surface area contributed by atoms with E-state index in [1.807, 2.05) is 31.2 Å². The highest BCUT2D eigenvalue weighted by Crippen LogP contribution is 2.36. The summed E-state index contributed by atoms with van der Waals surface area (Å²) in [6, 6.07) is 7.87.